The number of benzene rings is 1. The summed E-state index contributed by atoms with van der Waals surface area (Å²) in [7, 11) is 0. The van der Waals surface area contributed by atoms with Crippen molar-refractivity contribution in [2.75, 3.05) is 26.4 Å². The lowest BCUT2D eigenvalue weighted by molar-refractivity contribution is -0.125. The Labute approximate surface area is 120 Å². The van der Waals surface area contributed by atoms with E-state index in [1.807, 2.05) is 25.1 Å². The van der Waals surface area contributed by atoms with Crippen molar-refractivity contribution in [3.8, 4) is 0 Å². The summed E-state index contributed by atoms with van der Waals surface area (Å²) >= 11 is 0. The number of rotatable bonds is 7. The molecule has 1 heterocycles. The van der Waals surface area contributed by atoms with Crippen molar-refractivity contribution in [3.05, 3.63) is 35.9 Å². The van der Waals surface area contributed by atoms with Gasteiger partial charge in [0.1, 0.15) is 6.61 Å². The van der Waals surface area contributed by atoms with Gasteiger partial charge in [0.25, 0.3) is 0 Å². The summed E-state index contributed by atoms with van der Waals surface area (Å²) < 4.78 is 11.0. The van der Waals surface area contributed by atoms with Crippen LogP contribution in [0.5, 0.6) is 0 Å². The number of hydrogen-bond donors (Lipinski definition) is 1. The molecule has 2 atom stereocenters. The number of hydrogen-bond acceptors (Lipinski definition) is 3. The molecule has 1 aromatic rings. The minimum absolute atomic E-state index is 0.0443. The summed E-state index contributed by atoms with van der Waals surface area (Å²) in [4.78, 5) is 11.6. The molecule has 20 heavy (non-hydrogen) atoms. The molecule has 1 N–H and O–H groups in total. The molecule has 4 heteroatoms. The van der Waals surface area contributed by atoms with Crippen LogP contribution in [0.25, 0.3) is 0 Å². The molecule has 0 unspecified atom stereocenters. The Morgan fingerprint density at radius 2 is 2.20 bits per heavy atom. The second-order valence-electron chi connectivity index (χ2n) is 5.11. The molecule has 1 amide bonds. The maximum Gasteiger partial charge on any atom is 0.246 e. The third-order valence-electron chi connectivity index (χ3n) is 3.49. The molecule has 0 spiro atoms. The van der Waals surface area contributed by atoms with E-state index in [-0.39, 0.29) is 18.6 Å². The van der Waals surface area contributed by atoms with Crippen molar-refractivity contribution in [3.63, 3.8) is 0 Å². The summed E-state index contributed by atoms with van der Waals surface area (Å²) in [6, 6.07) is 10.2. The monoisotopic (exact) mass is 277 g/mol. The Morgan fingerprint density at radius 3 is 2.95 bits per heavy atom. The molecule has 0 saturated carbocycles. The van der Waals surface area contributed by atoms with Gasteiger partial charge in [0.15, 0.2) is 0 Å². The molecule has 110 valence electrons. The van der Waals surface area contributed by atoms with Crippen LogP contribution in [0.3, 0.4) is 0 Å². The zero-order chi connectivity index (χ0) is 14.2. The minimum Gasteiger partial charge on any atom is -0.373 e. The fourth-order valence-electron chi connectivity index (χ4n) is 2.46. The van der Waals surface area contributed by atoms with Gasteiger partial charge in [0.05, 0.1) is 6.10 Å². The molecule has 1 fully saturated rings. The SMILES string of the molecule is CCCOCC(=O)NC[C@H]1CCO[C@@H]1c1ccccc1. The molecule has 1 saturated heterocycles. The first kappa shape index (κ1) is 15.0. The van der Waals surface area contributed by atoms with Gasteiger partial charge in [-0.25, -0.2) is 0 Å². The van der Waals surface area contributed by atoms with Crippen molar-refractivity contribution >= 4 is 5.91 Å². The van der Waals surface area contributed by atoms with Crippen molar-refractivity contribution < 1.29 is 14.3 Å². The molecule has 0 aliphatic carbocycles. The van der Waals surface area contributed by atoms with Gasteiger partial charge in [-0.3, -0.25) is 4.79 Å². The van der Waals surface area contributed by atoms with Gasteiger partial charge in [-0.1, -0.05) is 37.3 Å². The Bertz CT molecular complexity index is 407. The fourth-order valence-corrected chi connectivity index (χ4v) is 2.46. The first-order chi connectivity index (χ1) is 9.81. The van der Waals surface area contributed by atoms with Gasteiger partial charge in [0, 0.05) is 25.7 Å². The predicted molar refractivity (Wildman–Crippen MR) is 77.4 cm³/mol. The van der Waals surface area contributed by atoms with E-state index in [0.717, 1.165) is 19.4 Å². The van der Waals surface area contributed by atoms with E-state index in [1.54, 1.807) is 0 Å². The molecule has 2 rings (SSSR count). The first-order valence-corrected chi connectivity index (χ1v) is 7.32. The second kappa shape index (κ2) is 8.02. The van der Waals surface area contributed by atoms with Gasteiger partial charge in [0.2, 0.25) is 5.91 Å². The van der Waals surface area contributed by atoms with Crippen molar-refractivity contribution in [2.45, 2.75) is 25.9 Å². The van der Waals surface area contributed by atoms with E-state index in [1.165, 1.54) is 5.56 Å². The van der Waals surface area contributed by atoms with Crippen molar-refractivity contribution in [1.82, 2.24) is 5.32 Å². The number of ether oxygens (including phenoxy) is 2. The molecular weight excluding hydrogens is 254 g/mol. The van der Waals surface area contributed by atoms with Crippen LogP contribution in [0, 0.1) is 5.92 Å². The lowest BCUT2D eigenvalue weighted by Crippen LogP contribution is -2.33. The number of amides is 1. The maximum absolute atomic E-state index is 11.6. The van der Waals surface area contributed by atoms with E-state index < -0.39 is 0 Å². The summed E-state index contributed by atoms with van der Waals surface area (Å²) in [6.07, 6.45) is 2.00. The van der Waals surface area contributed by atoms with Crippen LogP contribution in [-0.4, -0.2) is 32.3 Å². The fraction of sp³-hybridized carbons (Fsp3) is 0.562. The van der Waals surface area contributed by atoms with Gasteiger partial charge in [-0.2, -0.15) is 0 Å². The summed E-state index contributed by atoms with van der Waals surface area (Å²) in [5.41, 5.74) is 1.19. The third kappa shape index (κ3) is 4.32. The molecule has 1 aromatic carbocycles. The van der Waals surface area contributed by atoms with E-state index in [2.05, 4.69) is 17.4 Å². The molecule has 0 bridgehead atoms. The average Bonchev–Trinajstić information content (AvgIpc) is 2.95. The maximum atomic E-state index is 11.6. The van der Waals surface area contributed by atoms with Crippen LogP contribution in [0.15, 0.2) is 30.3 Å². The highest BCUT2D eigenvalue weighted by Crippen LogP contribution is 2.33. The Morgan fingerprint density at radius 1 is 1.40 bits per heavy atom. The van der Waals surface area contributed by atoms with Crippen LogP contribution < -0.4 is 5.32 Å². The van der Waals surface area contributed by atoms with Gasteiger partial charge < -0.3 is 14.8 Å². The third-order valence-corrected chi connectivity index (χ3v) is 3.49. The van der Waals surface area contributed by atoms with Crippen LogP contribution in [0.2, 0.25) is 0 Å². The van der Waals surface area contributed by atoms with E-state index in [9.17, 15) is 4.79 Å². The molecule has 0 radical (unpaired) electrons. The van der Waals surface area contributed by atoms with Crippen LogP contribution in [0.1, 0.15) is 31.4 Å². The van der Waals surface area contributed by atoms with E-state index in [0.29, 0.717) is 19.1 Å². The molecular formula is C16H23NO3. The topological polar surface area (TPSA) is 47.6 Å². The zero-order valence-electron chi connectivity index (χ0n) is 12.0. The van der Waals surface area contributed by atoms with Crippen molar-refractivity contribution in [2.24, 2.45) is 5.92 Å². The minimum atomic E-state index is -0.0443. The van der Waals surface area contributed by atoms with Crippen LogP contribution in [0.4, 0.5) is 0 Å². The largest absolute Gasteiger partial charge is 0.373 e. The van der Waals surface area contributed by atoms with Crippen molar-refractivity contribution in [1.29, 1.82) is 0 Å². The van der Waals surface area contributed by atoms with Gasteiger partial charge in [-0.15, -0.1) is 0 Å². The quantitative estimate of drug-likeness (QED) is 0.778. The standard InChI is InChI=1S/C16H23NO3/c1-2-9-19-12-15(18)17-11-14-8-10-20-16(14)13-6-4-3-5-7-13/h3-7,14,16H,2,8-12H2,1H3,(H,17,18)/t14-,16-/m1/s1. The highest BCUT2D eigenvalue weighted by Gasteiger charge is 2.29. The average molecular weight is 277 g/mol. The molecule has 4 nitrogen and oxygen atoms in total. The van der Waals surface area contributed by atoms with Gasteiger partial charge >= 0.3 is 0 Å². The smallest absolute Gasteiger partial charge is 0.246 e. The lowest BCUT2D eigenvalue weighted by atomic mass is 9.95. The summed E-state index contributed by atoms with van der Waals surface area (Å²) in [5.74, 6) is 0.296. The van der Waals surface area contributed by atoms with Crippen LogP contribution >= 0.6 is 0 Å². The molecule has 0 aromatic heterocycles. The number of carbonyl (C=O) groups is 1. The Balaban J connectivity index is 1.79. The predicted octanol–water partition coefficient (Wildman–Crippen LogP) is 2.31. The zero-order valence-corrected chi connectivity index (χ0v) is 12.0. The van der Waals surface area contributed by atoms with E-state index >= 15 is 0 Å². The first-order valence-electron chi connectivity index (χ1n) is 7.32. The highest BCUT2D eigenvalue weighted by atomic mass is 16.5. The summed E-state index contributed by atoms with van der Waals surface area (Å²) in [6.45, 7) is 4.21. The Hall–Kier alpha value is -1.39. The second-order valence-corrected chi connectivity index (χ2v) is 5.11. The molecule has 1 aliphatic rings. The summed E-state index contributed by atoms with van der Waals surface area (Å²) in [5, 5.41) is 2.94. The molecule has 1 aliphatic heterocycles. The highest BCUT2D eigenvalue weighted by molar-refractivity contribution is 5.77. The number of nitrogens with one attached hydrogen (secondary N) is 1. The number of carbonyl (C=O) groups excluding carboxylic acids is 1. The van der Waals surface area contributed by atoms with E-state index in [4.69, 9.17) is 9.47 Å². The lowest BCUT2D eigenvalue weighted by Gasteiger charge is -2.19. The van der Waals surface area contributed by atoms with Crippen LogP contribution in [-0.2, 0) is 14.3 Å². The Kier molecular flexibility index (Phi) is 6.02. The van der Waals surface area contributed by atoms with Gasteiger partial charge in [-0.05, 0) is 18.4 Å². The normalized spacial score (nSPS) is 21.9.